The Labute approximate surface area is 108 Å². The Morgan fingerprint density at radius 2 is 2.06 bits per heavy atom. The fraction of sp³-hybridized carbons (Fsp3) is 0.400. The summed E-state index contributed by atoms with van der Waals surface area (Å²) in [5.41, 5.74) is 2.56. The van der Waals surface area contributed by atoms with Crippen LogP contribution in [0.1, 0.15) is 39.7 Å². The molecule has 2 rings (SSSR count). The topological polar surface area (TPSA) is 40.5 Å². The normalized spacial score (nSPS) is 17.1. The number of nitrogens with zero attached hydrogens (tertiary/aromatic N) is 1. The van der Waals surface area contributed by atoms with E-state index < -0.39 is 0 Å². The number of carbonyl (C=O) groups excluding carboxylic acids is 1. The summed E-state index contributed by atoms with van der Waals surface area (Å²) in [6.45, 7) is 7.93. The van der Waals surface area contributed by atoms with Gasteiger partial charge >= 0.3 is 0 Å². The lowest BCUT2D eigenvalue weighted by Gasteiger charge is -2.41. The lowest BCUT2D eigenvalue weighted by Crippen LogP contribution is -2.48. The quantitative estimate of drug-likeness (QED) is 0.824. The van der Waals surface area contributed by atoms with Crippen molar-refractivity contribution in [2.24, 2.45) is 0 Å². The molecular formula is C15H19NO2. The number of amides is 1. The lowest BCUT2D eigenvalue weighted by molar-refractivity contribution is -0.119. The van der Waals surface area contributed by atoms with E-state index in [0.29, 0.717) is 6.42 Å². The predicted octanol–water partition coefficient (Wildman–Crippen LogP) is 3.33. The van der Waals surface area contributed by atoms with Crippen molar-refractivity contribution in [3.05, 3.63) is 29.8 Å². The summed E-state index contributed by atoms with van der Waals surface area (Å²) in [7, 11) is 0. The van der Waals surface area contributed by atoms with Crippen LogP contribution < -0.4 is 4.90 Å². The van der Waals surface area contributed by atoms with Gasteiger partial charge in [0.25, 0.3) is 0 Å². The Bertz CT molecular complexity index is 529. The highest BCUT2D eigenvalue weighted by Crippen LogP contribution is 2.40. The van der Waals surface area contributed by atoms with Crippen molar-refractivity contribution in [2.45, 2.75) is 39.7 Å². The van der Waals surface area contributed by atoms with Gasteiger partial charge in [0, 0.05) is 12.0 Å². The summed E-state index contributed by atoms with van der Waals surface area (Å²) in [6.07, 6.45) is 2.54. The molecule has 0 saturated carbocycles. The molecule has 0 bridgehead atoms. The lowest BCUT2D eigenvalue weighted by atomic mass is 9.88. The van der Waals surface area contributed by atoms with Gasteiger partial charge in [-0.15, -0.1) is 0 Å². The van der Waals surface area contributed by atoms with Gasteiger partial charge in [0.1, 0.15) is 5.75 Å². The first kappa shape index (κ1) is 12.7. The van der Waals surface area contributed by atoms with Crippen molar-refractivity contribution in [3.8, 4) is 5.75 Å². The highest BCUT2D eigenvalue weighted by Gasteiger charge is 2.34. The standard InChI is InChI=1S/C15H19NO2/c1-5-14(18)16-13-7-6-11(17)8-12(13)10(2)9-15(16,3)4/h6-9,17H,5H2,1-4H3. The molecule has 0 saturated heterocycles. The molecule has 0 aromatic heterocycles. The maximum absolute atomic E-state index is 12.2. The molecule has 0 spiro atoms. The Morgan fingerprint density at radius 3 is 2.67 bits per heavy atom. The van der Waals surface area contributed by atoms with Crippen LogP contribution in [0.4, 0.5) is 5.69 Å². The van der Waals surface area contributed by atoms with Crippen molar-refractivity contribution < 1.29 is 9.90 Å². The van der Waals surface area contributed by atoms with Gasteiger partial charge in [0.2, 0.25) is 5.91 Å². The fourth-order valence-corrected chi connectivity index (χ4v) is 2.63. The molecule has 0 aliphatic carbocycles. The minimum atomic E-state index is -0.332. The molecule has 0 radical (unpaired) electrons. The van der Waals surface area contributed by atoms with Crippen LogP contribution >= 0.6 is 0 Å². The second-order valence-electron chi connectivity index (χ2n) is 5.27. The number of phenolic OH excluding ortho intramolecular Hbond substituents is 1. The molecule has 3 nitrogen and oxygen atoms in total. The first-order valence-corrected chi connectivity index (χ1v) is 6.22. The van der Waals surface area contributed by atoms with E-state index in [1.54, 1.807) is 12.1 Å². The van der Waals surface area contributed by atoms with E-state index in [2.05, 4.69) is 6.08 Å². The van der Waals surface area contributed by atoms with Crippen molar-refractivity contribution in [2.75, 3.05) is 4.90 Å². The minimum absolute atomic E-state index is 0.0932. The van der Waals surface area contributed by atoms with Crippen molar-refractivity contribution in [1.29, 1.82) is 0 Å². The molecule has 1 aliphatic rings. The number of carbonyl (C=O) groups is 1. The molecule has 18 heavy (non-hydrogen) atoms. The summed E-state index contributed by atoms with van der Waals surface area (Å²) in [5, 5.41) is 9.59. The van der Waals surface area contributed by atoms with Gasteiger partial charge in [-0.3, -0.25) is 4.79 Å². The number of hydrogen-bond donors (Lipinski definition) is 1. The van der Waals surface area contributed by atoms with E-state index >= 15 is 0 Å². The Balaban J connectivity index is 2.65. The molecule has 1 aliphatic heterocycles. The fourth-order valence-electron chi connectivity index (χ4n) is 2.63. The van der Waals surface area contributed by atoms with Gasteiger partial charge in [0.05, 0.1) is 11.2 Å². The van der Waals surface area contributed by atoms with Gasteiger partial charge in [0.15, 0.2) is 0 Å². The number of anilines is 1. The van der Waals surface area contributed by atoms with E-state index in [-0.39, 0.29) is 17.2 Å². The average Bonchev–Trinajstić information content (AvgIpc) is 2.28. The molecule has 1 N–H and O–H groups in total. The highest BCUT2D eigenvalue weighted by atomic mass is 16.3. The minimum Gasteiger partial charge on any atom is -0.508 e. The maximum Gasteiger partial charge on any atom is 0.227 e. The number of aromatic hydroxyl groups is 1. The van der Waals surface area contributed by atoms with E-state index in [0.717, 1.165) is 16.8 Å². The molecular weight excluding hydrogens is 226 g/mol. The third kappa shape index (κ3) is 1.90. The molecule has 0 unspecified atom stereocenters. The average molecular weight is 245 g/mol. The molecule has 0 atom stereocenters. The molecule has 96 valence electrons. The Kier molecular flexibility index (Phi) is 2.93. The second kappa shape index (κ2) is 4.16. The number of rotatable bonds is 1. The second-order valence-corrected chi connectivity index (χ2v) is 5.27. The van der Waals surface area contributed by atoms with Gasteiger partial charge in [-0.25, -0.2) is 0 Å². The first-order chi connectivity index (χ1) is 8.36. The molecule has 0 fully saturated rings. The summed E-state index contributed by atoms with van der Waals surface area (Å²) in [5.74, 6) is 0.320. The molecule has 1 heterocycles. The smallest absolute Gasteiger partial charge is 0.227 e. The molecule has 1 aromatic carbocycles. The van der Waals surface area contributed by atoms with Crippen LogP contribution in [-0.4, -0.2) is 16.6 Å². The van der Waals surface area contributed by atoms with E-state index in [9.17, 15) is 9.90 Å². The van der Waals surface area contributed by atoms with Gasteiger partial charge < -0.3 is 10.0 Å². The van der Waals surface area contributed by atoms with Gasteiger partial charge in [-0.05, 0) is 44.5 Å². The van der Waals surface area contributed by atoms with Crippen LogP contribution in [0, 0.1) is 0 Å². The van der Waals surface area contributed by atoms with E-state index in [1.807, 2.05) is 38.7 Å². The zero-order valence-electron chi connectivity index (χ0n) is 11.3. The third-order valence-corrected chi connectivity index (χ3v) is 3.34. The van der Waals surface area contributed by atoms with Crippen molar-refractivity contribution in [1.82, 2.24) is 0 Å². The SMILES string of the molecule is CCC(=O)N1c2ccc(O)cc2C(C)=CC1(C)C. The number of phenols is 1. The predicted molar refractivity (Wildman–Crippen MR) is 73.6 cm³/mol. The monoisotopic (exact) mass is 245 g/mol. The largest absolute Gasteiger partial charge is 0.508 e. The van der Waals surface area contributed by atoms with Crippen LogP contribution in [0.15, 0.2) is 24.3 Å². The van der Waals surface area contributed by atoms with E-state index in [1.165, 1.54) is 0 Å². The summed E-state index contributed by atoms with van der Waals surface area (Å²) in [4.78, 5) is 14.0. The van der Waals surface area contributed by atoms with Crippen molar-refractivity contribution in [3.63, 3.8) is 0 Å². The zero-order chi connectivity index (χ0) is 13.5. The summed E-state index contributed by atoms with van der Waals surface area (Å²) < 4.78 is 0. The number of fused-ring (bicyclic) bond motifs is 1. The Morgan fingerprint density at radius 1 is 1.39 bits per heavy atom. The molecule has 1 aromatic rings. The van der Waals surface area contributed by atoms with Crippen molar-refractivity contribution >= 4 is 17.2 Å². The van der Waals surface area contributed by atoms with Crippen LogP contribution in [0.3, 0.4) is 0 Å². The van der Waals surface area contributed by atoms with Gasteiger partial charge in [-0.1, -0.05) is 13.0 Å². The van der Waals surface area contributed by atoms with Crippen LogP contribution in [0.25, 0.3) is 5.57 Å². The van der Waals surface area contributed by atoms with E-state index in [4.69, 9.17) is 0 Å². The first-order valence-electron chi connectivity index (χ1n) is 6.22. The summed E-state index contributed by atoms with van der Waals surface area (Å²) in [6, 6.07) is 5.16. The van der Waals surface area contributed by atoms with Crippen LogP contribution in [0.5, 0.6) is 5.75 Å². The molecule has 3 heteroatoms. The van der Waals surface area contributed by atoms with Crippen LogP contribution in [-0.2, 0) is 4.79 Å². The van der Waals surface area contributed by atoms with Crippen LogP contribution in [0.2, 0.25) is 0 Å². The molecule has 1 amide bonds. The number of benzene rings is 1. The highest BCUT2D eigenvalue weighted by molar-refractivity contribution is 6.00. The number of hydrogen-bond acceptors (Lipinski definition) is 2. The number of allylic oxidation sites excluding steroid dienone is 1. The Hall–Kier alpha value is -1.77. The zero-order valence-corrected chi connectivity index (χ0v) is 11.3. The maximum atomic E-state index is 12.2. The summed E-state index contributed by atoms with van der Waals surface area (Å²) >= 11 is 0. The third-order valence-electron chi connectivity index (χ3n) is 3.34. The van der Waals surface area contributed by atoms with Gasteiger partial charge in [-0.2, -0.15) is 0 Å².